The highest BCUT2D eigenvalue weighted by Crippen LogP contribution is 2.51. The van der Waals surface area contributed by atoms with Crippen molar-refractivity contribution in [3.8, 4) is 17.2 Å². The lowest BCUT2D eigenvalue weighted by Crippen LogP contribution is -2.24. The molecule has 0 fully saturated rings. The van der Waals surface area contributed by atoms with Gasteiger partial charge in [0.1, 0.15) is 17.2 Å². The third kappa shape index (κ3) is 7.71. The number of phenols is 3. The highest BCUT2D eigenvalue weighted by atomic mass is 16.3. The van der Waals surface area contributed by atoms with Crippen LogP contribution in [0.3, 0.4) is 0 Å². The fourth-order valence-electron chi connectivity index (χ4n) is 6.98. The Balaban J connectivity index is 2.79. The van der Waals surface area contributed by atoms with E-state index in [0.29, 0.717) is 17.2 Å². The van der Waals surface area contributed by atoms with Crippen LogP contribution in [-0.2, 0) is 32.5 Å². The smallest absolute Gasteiger partial charge is 0.123 e. The number of hydrogen-bond donors (Lipinski definition) is 3. The summed E-state index contributed by atoms with van der Waals surface area (Å²) in [7, 11) is 0. The van der Waals surface area contributed by atoms with Gasteiger partial charge in [-0.25, -0.2) is 0 Å². The minimum atomic E-state index is -0.378. The number of benzene rings is 3. The fraction of sp³-hybridized carbons (Fsp3) is 0.591. The summed E-state index contributed by atoms with van der Waals surface area (Å²) in [6.45, 7) is 41.0. The first-order valence-corrected chi connectivity index (χ1v) is 17.4. The zero-order valence-corrected chi connectivity index (χ0v) is 33.3. The summed E-state index contributed by atoms with van der Waals surface area (Å²) in [4.78, 5) is 0. The molecule has 3 nitrogen and oxygen atoms in total. The Morgan fingerprint density at radius 2 is 0.638 bits per heavy atom. The summed E-state index contributed by atoms with van der Waals surface area (Å²) in [5, 5.41) is 35.8. The molecular formula is C44H66O3. The average Bonchev–Trinajstić information content (AvgIpc) is 2.83. The van der Waals surface area contributed by atoms with E-state index in [9.17, 15) is 15.3 Å². The van der Waals surface area contributed by atoms with Crippen molar-refractivity contribution in [3.05, 3.63) is 86.0 Å². The van der Waals surface area contributed by atoms with Crippen molar-refractivity contribution < 1.29 is 15.3 Å². The first kappa shape index (κ1) is 38.5. The lowest BCUT2D eigenvalue weighted by atomic mass is 9.68. The minimum Gasteiger partial charge on any atom is -0.507 e. The minimum absolute atomic E-state index is 0.252. The summed E-state index contributed by atoms with van der Waals surface area (Å²) in [5.41, 5.74) is 7.96. The number of aromatic hydroxyl groups is 3. The normalized spacial score (nSPS) is 13.9. The van der Waals surface area contributed by atoms with Gasteiger partial charge in [-0.05, 0) is 89.5 Å². The molecule has 0 aliphatic carbocycles. The average molecular weight is 643 g/mol. The maximum absolute atomic E-state index is 12.3. The van der Waals surface area contributed by atoms with Crippen LogP contribution in [0.2, 0.25) is 0 Å². The summed E-state index contributed by atoms with van der Waals surface area (Å²) >= 11 is 0. The molecule has 47 heavy (non-hydrogen) atoms. The van der Waals surface area contributed by atoms with Gasteiger partial charge in [-0.3, -0.25) is 0 Å². The van der Waals surface area contributed by atoms with Gasteiger partial charge in [0.2, 0.25) is 0 Å². The summed E-state index contributed by atoms with van der Waals surface area (Å²) in [5.74, 6) is 0.771. The van der Waals surface area contributed by atoms with E-state index in [4.69, 9.17) is 0 Å². The molecule has 0 spiro atoms. The molecule has 3 aromatic rings. The molecule has 0 unspecified atom stereocenters. The van der Waals surface area contributed by atoms with Crippen molar-refractivity contribution in [1.82, 2.24) is 0 Å². The van der Waals surface area contributed by atoms with Crippen molar-refractivity contribution in [1.29, 1.82) is 0 Å². The molecule has 0 radical (unpaired) electrons. The monoisotopic (exact) mass is 643 g/mol. The zero-order chi connectivity index (χ0) is 36.6. The van der Waals surface area contributed by atoms with Crippen LogP contribution in [0.5, 0.6) is 17.2 Å². The molecule has 0 amide bonds. The van der Waals surface area contributed by atoms with Crippen molar-refractivity contribution in [2.45, 2.75) is 170 Å². The Bertz CT molecular complexity index is 1490. The molecule has 3 heteroatoms. The SMILES string of the molecule is Cc1cc(C(C)(C)C)c(O)c(C(C)(C)C)c1C(c1cc(C(C)(C)C)c(O)c(C(C)(C)C)c1)c1cc(C(C)(C)C)c(O)c(C(C)(C)C)c1. The Morgan fingerprint density at radius 1 is 0.383 bits per heavy atom. The molecule has 3 N–H and O–H groups in total. The second-order valence-corrected chi connectivity index (χ2v) is 20.2. The Hall–Kier alpha value is -2.94. The van der Waals surface area contributed by atoms with Crippen LogP contribution in [-0.4, -0.2) is 15.3 Å². The predicted molar refractivity (Wildman–Crippen MR) is 202 cm³/mol. The second-order valence-electron chi connectivity index (χ2n) is 20.2. The first-order valence-electron chi connectivity index (χ1n) is 17.4. The lowest BCUT2D eigenvalue weighted by molar-refractivity contribution is 0.417. The van der Waals surface area contributed by atoms with Crippen LogP contribution in [0.4, 0.5) is 0 Å². The maximum atomic E-state index is 12.3. The van der Waals surface area contributed by atoms with Gasteiger partial charge in [-0.2, -0.15) is 0 Å². The van der Waals surface area contributed by atoms with Crippen molar-refractivity contribution >= 4 is 0 Å². The highest BCUT2D eigenvalue weighted by molar-refractivity contribution is 5.64. The quantitative estimate of drug-likeness (QED) is 0.249. The number of aryl methyl sites for hydroxylation is 1. The van der Waals surface area contributed by atoms with Gasteiger partial charge in [0, 0.05) is 11.5 Å². The molecular weight excluding hydrogens is 576 g/mol. The predicted octanol–water partition coefficient (Wildman–Crippen LogP) is 12.1. The Labute approximate surface area is 287 Å². The van der Waals surface area contributed by atoms with Gasteiger partial charge in [-0.1, -0.05) is 155 Å². The van der Waals surface area contributed by atoms with Gasteiger partial charge in [-0.15, -0.1) is 0 Å². The van der Waals surface area contributed by atoms with Crippen LogP contribution in [0.25, 0.3) is 0 Å². The largest absolute Gasteiger partial charge is 0.507 e. The maximum Gasteiger partial charge on any atom is 0.123 e. The Kier molecular flexibility index (Phi) is 9.74. The van der Waals surface area contributed by atoms with Crippen LogP contribution in [0.15, 0.2) is 30.3 Å². The highest BCUT2D eigenvalue weighted by Gasteiger charge is 2.37. The fourth-order valence-corrected chi connectivity index (χ4v) is 6.98. The van der Waals surface area contributed by atoms with Gasteiger partial charge in [0.25, 0.3) is 0 Å². The number of rotatable bonds is 3. The number of hydrogen-bond acceptors (Lipinski definition) is 3. The first-order chi connectivity index (χ1) is 20.8. The third-order valence-corrected chi connectivity index (χ3v) is 9.56. The van der Waals surface area contributed by atoms with E-state index < -0.39 is 0 Å². The molecule has 0 aliphatic rings. The summed E-state index contributed by atoms with van der Waals surface area (Å²) in [6.07, 6.45) is 0. The van der Waals surface area contributed by atoms with Crippen LogP contribution in [0, 0.1) is 6.92 Å². The zero-order valence-electron chi connectivity index (χ0n) is 33.3. The molecule has 0 aromatic heterocycles. The van der Waals surface area contributed by atoms with Gasteiger partial charge in [0.15, 0.2) is 0 Å². The second kappa shape index (κ2) is 11.9. The molecule has 0 aliphatic heterocycles. The van der Waals surface area contributed by atoms with Crippen molar-refractivity contribution in [3.63, 3.8) is 0 Å². The summed E-state index contributed by atoms with van der Waals surface area (Å²) in [6, 6.07) is 10.9. The van der Waals surface area contributed by atoms with E-state index in [1.54, 1.807) is 0 Å². The van der Waals surface area contributed by atoms with Crippen LogP contribution < -0.4 is 0 Å². The van der Waals surface area contributed by atoms with E-state index >= 15 is 0 Å². The van der Waals surface area contributed by atoms with E-state index in [1.165, 1.54) is 0 Å². The van der Waals surface area contributed by atoms with Crippen LogP contribution >= 0.6 is 0 Å². The summed E-state index contributed by atoms with van der Waals surface area (Å²) < 4.78 is 0. The van der Waals surface area contributed by atoms with Crippen LogP contribution in [0.1, 0.15) is 186 Å². The van der Waals surface area contributed by atoms with E-state index in [2.05, 4.69) is 162 Å². The van der Waals surface area contributed by atoms with Gasteiger partial charge >= 0.3 is 0 Å². The molecule has 0 saturated heterocycles. The van der Waals surface area contributed by atoms with Crippen molar-refractivity contribution in [2.24, 2.45) is 0 Å². The Morgan fingerprint density at radius 3 is 0.872 bits per heavy atom. The van der Waals surface area contributed by atoms with E-state index in [1.807, 2.05) is 0 Å². The molecule has 3 aromatic carbocycles. The molecule has 0 atom stereocenters. The van der Waals surface area contributed by atoms with E-state index in [0.717, 1.165) is 55.6 Å². The standard InChI is InChI=1S/C44H66O3/c1-25-20-28(39(2,3)4)38(47)35(44(17,18)19)33(25)34(26-21-29(40(5,6)7)36(45)30(22-26)41(8,9)10)27-23-31(42(11,12)13)37(46)32(24-27)43(14,15)16/h20-24,34,45-47H,1-19H3. The van der Waals surface area contributed by atoms with Gasteiger partial charge in [0.05, 0.1) is 0 Å². The van der Waals surface area contributed by atoms with E-state index in [-0.39, 0.29) is 38.4 Å². The molecule has 0 bridgehead atoms. The molecule has 0 saturated carbocycles. The molecule has 260 valence electrons. The van der Waals surface area contributed by atoms with Crippen molar-refractivity contribution in [2.75, 3.05) is 0 Å². The topological polar surface area (TPSA) is 60.7 Å². The lowest BCUT2D eigenvalue weighted by Gasteiger charge is -2.36. The van der Waals surface area contributed by atoms with Gasteiger partial charge < -0.3 is 15.3 Å². The number of phenolic OH excluding ortho intramolecular Hbond substituents is 3. The molecule has 3 rings (SSSR count). The third-order valence-electron chi connectivity index (χ3n) is 9.56. The molecule has 0 heterocycles.